The van der Waals surface area contributed by atoms with Gasteiger partial charge in [-0.25, -0.2) is 4.99 Å². The van der Waals surface area contributed by atoms with E-state index in [4.69, 9.17) is 15.5 Å². The molecule has 0 aromatic heterocycles. The minimum atomic E-state index is -0.636. The normalized spacial score (nSPS) is 22.2. The van der Waals surface area contributed by atoms with Crippen LogP contribution in [0.25, 0.3) is 0 Å². The molecule has 1 amide bonds. The summed E-state index contributed by atoms with van der Waals surface area (Å²) < 4.78 is 5.45. The molecule has 158 valence electrons. The Kier molecular flexibility index (Phi) is 7.69. The fourth-order valence-electron chi connectivity index (χ4n) is 4.43. The molecule has 1 heterocycles. The van der Waals surface area contributed by atoms with Crippen molar-refractivity contribution in [3.63, 3.8) is 0 Å². The van der Waals surface area contributed by atoms with Crippen molar-refractivity contribution in [3.8, 4) is 6.07 Å². The molecule has 30 heavy (non-hydrogen) atoms. The van der Waals surface area contributed by atoms with Crippen molar-refractivity contribution in [1.82, 2.24) is 0 Å². The van der Waals surface area contributed by atoms with Crippen molar-refractivity contribution < 1.29 is 14.3 Å². The summed E-state index contributed by atoms with van der Waals surface area (Å²) in [5, 5.41) is 10.5. The van der Waals surface area contributed by atoms with Crippen molar-refractivity contribution in [3.05, 3.63) is 46.5 Å². The Balaban J connectivity index is 2.15. The molecule has 1 aromatic rings. The zero-order valence-corrected chi connectivity index (χ0v) is 18.0. The van der Waals surface area contributed by atoms with Crippen LogP contribution in [0, 0.1) is 29.1 Å². The molecule has 2 atom stereocenters. The van der Waals surface area contributed by atoms with Gasteiger partial charge in [0.25, 0.3) is 0 Å². The number of nitrogens with zero attached hydrogens (tertiary/aromatic N) is 2. The first-order chi connectivity index (χ1) is 14.6. The molecule has 1 fully saturated rings. The fourth-order valence-corrected chi connectivity index (χ4v) is 5.21. The van der Waals surface area contributed by atoms with Crippen LogP contribution in [0.5, 0.6) is 0 Å². The quantitative estimate of drug-likeness (QED) is 0.669. The van der Waals surface area contributed by atoms with E-state index in [0.29, 0.717) is 16.3 Å². The van der Waals surface area contributed by atoms with Gasteiger partial charge in [0.2, 0.25) is 5.91 Å². The summed E-state index contributed by atoms with van der Waals surface area (Å²) in [6.45, 7) is 2.05. The van der Waals surface area contributed by atoms with Gasteiger partial charge in [-0.1, -0.05) is 61.4 Å². The highest BCUT2D eigenvalue weighted by atomic mass is 32.2. The van der Waals surface area contributed by atoms with E-state index in [-0.39, 0.29) is 30.2 Å². The van der Waals surface area contributed by atoms with Crippen LogP contribution in [-0.2, 0) is 14.3 Å². The van der Waals surface area contributed by atoms with Gasteiger partial charge in [0, 0.05) is 5.92 Å². The Morgan fingerprint density at radius 2 is 1.93 bits per heavy atom. The number of esters is 1. The zero-order chi connectivity index (χ0) is 21.5. The monoisotopic (exact) mass is 425 g/mol. The Labute approximate surface area is 181 Å². The lowest BCUT2D eigenvalue weighted by atomic mass is 9.68. The van der Waals surface area contributed by atoms with Gasteiger partial charge >= 0.3 is 5.97 Å². The summed E-state index contributed by atoms with van der Waals surface area (Å²) in [5.74, 6) is -1.53. The predicted molar refractivity (Wildman–Crippen MR) is 117 cm³/mol. The Hall–Kier alpha value is -2.59. The van der Waals surface area contributed by atoms with Gasteiger partial charge in [-0.15, -0.1) is 0 Å². The molecule has 1 aromatic carbocycles. The van der Waals surface area contributed by atoms with Gasteiger partial charge in [-0.3, -0.25) is 9.59 Å². The molecule has 2 aliphatic rings. The molecule has 0 radical (unpaired) electrons. The molecule has 7 heteroatoms. The number of aliphatic imine (C=N–C) groups is 1. The first kappa shape index (κ1) is 22.1. The lowest BCUT2D eigenvalue weighted by Gasteiger charge is -2.37. The van der Waals surface area contributed by atoms with E-state index in [0.717, 1.165) is 31.2 Å². The third-order valence-electron chi connectivity index (χ3n) is 5.68. The summed E-state index contributed by atoms with van der Waals surface area (Å²) in [7, 11) is 0. The SMILES string of the molecule is CCOC(=O)C1C(c2ccccc2)=NC(SCC(N)=O)=C(C#N)[C@H]1C1CCCCC1. The van der Waals surface area contributed by atoms with Gasteiger partial charge in [0.15, 0.2) is 0 Å². The number of thioether (sulfide) groups is 1. The van der Waals surface area contributed by atoms with Crippen LogP contribution in [-0.4, -0.2) is 29.9 Å². The maximum absolute atomic E-state index is 13.2. The Morgan fingerprint density at radius 3 is 2.53 bits per heavy atom. The lowest BCUT2D eigenvalue weighted by Crippen LogP contribution is -2.41. The van der Waals surface area contributed by atoms with E-state index in [9.17, 15) is 14.9 Å². The van der Waals surface area contributed by atoms with Crippen LogP contribution in [0.4, 0.5) is 0 Å². The smallest absolute Gasteiger partial charge is 0.315 e. The summed E-state index contributed by atoms with van der Waals surface area (Å²) in [6.07, 6.45) is 5.25. The lowest BCUT2D eigenvalue weighted by molar-refractivity contribution is -0.147. The highest BCUT2D eigenvalue weighted by molar-refractivity contribution is 8.03. The number of benzene rings is 1. The molecular formula is C23H27N3O3S. The van der Waals surface area contributed by atoms with Crippen LogP contribution < -0.4 is 5.73 Å². The number of carbonyl (C=O) groups is 2. The molecule has 1 saturated carbocycles. The molecule has 1 aliphatic carbocycles. The number of carbonyl (C=O) groups excluding carboxylic acids is 2. The summed E-state index contributed by atoms with van der Waals surface area (Å²) >= 11 is 1.17. The third-order valence-corrected chi connectivity index (χ3v) is 6.69. The van der Waals surface area contributed by atoms with Crippen molar-refractivity contribution in [2.45, 2.75) is 39.0 Å². The third kappa shape index (κ3) is 4.93. The van der Waals surface area contributed by atoms with E-state index in [1.807, 2.05) is 30.3 Å². The van der Waals surface area contributed by atoms with Crippen molar-refractivity contribution in [2.24, 2.45) is 28.5 Å². The second-order valence-corrected chi connectivity index (χ2v) is 8.57. The molecule has 2 N–H and O–H groups in total. The maximum Gasteiger partial charge on any atom is 0.315 e. The second kappa shape index (κ2) is 10.4. The Morgan fingerprint density at radius 1 is 1.23 bits per heavy atom. The molecule has 1 aliphatic heterocycles. The van der Waals surface area contributed by atoms with Gasteiger partial charge < -0.3 is 10.5 Å². The molecular weight excluding hydrogens is 398 g/mol. The number of nitrogens with two attached hydrogens (primary N) is 1. The van der Waals surface area contributed by atoms with Crippen LogP contribution in [0.3, 0.4) is 0 Å². The van der Waals surface area contributed by atoms with Crippen LogP contribution >= 0.6 is 11.8 Å². The van der Waals surface area contributed by atoms with E-state index in [1.54, 1.807) is 6.92 Å². The summed E-state index contributed by atoms with van der Waals surface area (Å²) in [6, 6.07) is 11.8. The maximum atomic E-state index is 13.2. The van der Waals surface area contributed by atoms with E-state index < -0.39 is 11.8 Å². The number of rotatable bonds is 7. The molecule has 0 spiro atoms. The number of allylic oxidation sites excluding steroid dienone is 1. The first-order valence-corrected chi connectivity index (χ1v) is 11.4. The molecule has 3 rings (SSSR count). The summed E-state index contributed by atoms with van der Waals surface area (Å²) in [4.78, 5) is 29.3. The van der Waals surface area contributed by atoms with Crippen molar-refractivity contribution in [1.29, 1.82) is 5.26 Å². The average molecular weight is 426 g/mol. The highest BCUT2D eigenvalue weighted by Gasteiger charge is 2.45. The van der Waals surface area contributed by atoms with Crippen molar-refractivity contribution in [2.75, 3.05) is 12.4 Å². The highest BCUT2D eigenvalue weighted by Crippen LogP contribution is 2.45. The number of primary amides is 1. The average Bonchev–Trinajstić information content (AvgIpc) is 2.77. The topological polar surface area (TPSA) is 106 Å². The second-order valence-electron chi connectivity index (χ2n) is 7.60. The van der Waals surface area contributed by atoms with Gasteiger partial charge in [0.05, 0.1) is 29.7 Å². The minimum absolute atomic E-state index is 0.0353. The number of hydrogen-bond donors (Lipinski definition) is 1. The Bertz CT molecular complexity index is 883. The van der Waals surface area contributed by atoms with Gasteiger partial charge in [0.1, 0.15) is 10.9 Å². The molecule has 1 unspecified atom stereocenters. The number of amides is 1. The van der Waals surface area contributed by atoms with Gasteiger partial charge in [-0.05, 0) is 31.2 Å². The van der Waals surface area contributed by atoms with Crippen LogP contribution in [0.1, 0.15) is 44.6 Å². The number of ether oxygens (including phenoxy) is 1. The molecule has 0 saturated heterocycles. The standard InChI is InChI=1S/C23H27N3O3S/c1-2-29-23(28)20-19(15-9-5-3-6-10-15)17(13-24)22(30-14-18(25)27)26-21(20)16-11-7-4-8-12-16/h4,7-8,11-12,15,19-20H,2-3,5-6,9-10,14H2,1H3,(H2,25,27)/t19-,20?/m1/s1. The van der Waals surface area contributed by atoms with Crippen molar-refractivity contribution >= 4 is 29.4 Å². The first-order valence-electron chi connectivity index (χ1n) is 10.4. The predicted octanol–water partition coefficient (Wildman–Crippen LogP) is 3.82. The number of hydrogen-bond acceptors (Lipinski definition) is 6. The molecule has 6 nitrogen and oxygen atoms in total. The largest absolute Gasteiger partial charge is 0.465 e. The van der Waals surface area contributed by atoms with E-state index in [2.05, 4.69) is 6.07 Å². The van der Waals surface area contributed by atoms with Crippen LogP contribution in [0.15, 0.2) is 45.9 Å². The fraction of sp³-hybridized carbons (Fsp3) is 0.478. The van der Waals surface area contributed by atoms with E-state index in [1.165, 1.54) is 18.2 Å². The van der Waals surface area contributed by atoms with Crippen LogP contribution in [0.2, 0.25) is 0 Å². The van der Waals surface area contributed by atoms with Gasteiger partial charge in [-0.2, -0.15) is 5.26 Å². The molecule has 0 bridgehead atoms. The summed E-state index contributed by atoms with van der Waals surface area (Å²) in [5.41, 5.74) is 7.26. The van der Waals surface area contributed by atoms with E-state index >= 15 is 0 Å². The minimum Gasteiger partial charge on any atom is -0.465 e. The zero-order valence-electron chi connectivity index (χ0n) is 17.2. The number of nitriles is 1.